The lowest BCUT2D eigenvalue weighted by molar-refractivity contribution is -0.0926. The first-order valence-electron chi connectivity index (χ1n) is 30.8. The van der Waals surface area contributed by atoms with Crippen molar-refractivity contribution in [2.45, 2.75) is 90.4 Å². The highest BCUT2D eigenvalue weighted by atomic mass is 15.3. The van der Waals surface area contributed by atoms with Crippen LogP contribution in [-0.2, 0) is 0 Å². The van der Waals surface area contributed by atoms with Crippen molar-refractivity contribution in [1.82, 2.24) is 63.7 Å². The van der Waals surface area contributed by atoms with Crippen LogP contribution >= 0.6 is 0 Å². The van der Waals surface area contributed by atoms with Gasteiger partial charge in [-0.1, -0.05) is 6.92 Å². The van der Waals surface area contributed by atoms with Crippen molar-refractivity contribution in [3.8, 4) is 0 Å². The lowest BCUT2D eigenvalue weighted by Crippen LogP contribution is -2.70. The molecule has 13 heteroatoms. The van der Waals surface area contributed by atoms with Gasteiger partial charge in [0.2, 0.25) is 0 Å². The van der Waals surface area contributed by atoms with Gasteiger partial charge in [0.25, 0.3) is 0 Å². The topological polar surface area (TPSA) is 42.1 Å². The van der Waals surface area contributed by atoms with Gasteiger partial charge in [-0.3, -0.25) is 0 Å². The van der Waals surface area contributed by atoms with E-state index in [-0.39, 0.29) is 0 Å². The predicted molar refractivity (Wildman–Crippen MR) is 314 cm³/mol. The van der Waals surface area contributed by atoms with Crippen molar-refractivity contribution < 1.29 is 0 Å². The van der Waals surface area contributed by atoms with E-state index in [9.17, 15) is 0 Å². The van der Waals surface area contributed by atoms with Gasteiger partial charge in [0.15, 0.2) is 0 Å². The Labute approximate surface area is 457 Å². The number of likely N-dealkylation sites (tertiary alicyclic amines) is 13. The summed E-state index contributed by atoms with van der Waals surface area (Å²) in [7, 11) is 29.0. The van der Waals surface area contributed by atoms with Gasteiger partial charge >= 0.3 is 0 Å². The Bertz CT molecular complexity index is 1540. The molecule has 0 bridgehead atoms. The number of nitrogens with zero attached hydrogens (tertiary/aromatic N) is 13. The van der Waals surface area contributed by atoms with Crippen molar-refractivity contribution in [1.29, 1.82) is 0 Å². The normalized spacial score (nSPS) is 35.1. The fraction of sp³-hybridized carbons (Fsp3) is 1.00. The molecule has 14 rings (SSSR count). The highest BCUT2D eigenvalue weighted by Gasteiger charge is 2.50. The molecule has 13 nitrogen and oxygen atoms in total. The SMILES string of the molecule is CC1CC2(C1)CN(C)C2.CN1CC2(C1)CN(C)C2.CN1CCC2(C1)CN(C)C2.CN1CCC2(C1)CN(C)C2.CN1CCC2(CC1)CCN(C)C2.CN1CCCC2(CCN(C)C2)C1.CN1CCCC2(CCN(C)C2)C1. The second kappa shape index (κ2) is 24.7. The van der Waals surface area contributed by atoms with Gasteiger partial charge in [-0.2, -0.15) is 0 Å². The Morgan fingerprint density at radius 1 is 0.203 bits per heavy atom. The van der Waals surface area contributed by atoms with Crippen LogP contribution in [0.25, 0.3) is 0 Å². The van der Waals surface area contributed by atoms with Crippen LogP contribution < -0.4 is 0 Å². The van der Waals surface area contributed by atoms with Crippen LogP contribution in [0.5, 0.6) is 0 Å². The molecule has 0 amide bonds. The lowest BCUT2D eigenvalue weighted by Gasteiger charge is -2.58. The van der Waals surface area contributed by atoms with E-state index in [1.165, 1.54) is 254 Å². The number of rotatable bonds is 0. The molecule has 2 unspecified atom stereocenters. The molecule has 0 N–H and O–H groups in total. The second-order valence-electron chi connectivity index (χ2n) is 30.8. The molecule has 7 spiro atoms. The summed E-state index contributed by atoms with van der Waals surface area (Å²) >= 11 is 0. The van der Waals surface area contributed by atoms with Crippen molar-refractivity contribution in [2.24, 2.45) is 43.8 Å². The summed E-state index contributed by atoms with van der Waals surface area (Å²) < 4.78 is 0. The van der Waals surface area contributed by atoms with Crippen LogP contribution in [0.3, 0.4) is 0 Å². The number of hydrogen-bond acceptors (Lipinski definition) is 13. The summed E-state index contributed by atoms with van der Waals surface area (Å²) in [5.41, 5.74) is 5.02. The minimum atomic E-state index is 0.668. The van der Waals surface area contributed by atoms with Crippen LogP contribution in [0, 0.1) is 43.8 Å². The maximum atomic E-state index is 2.50. The van der Waals surface area contributed by atoms with Gasteiger partial charge in [0.1, 0.15) is 0 Å². The molecule has 0 aromatic rings. The maximum Gasteiger partial charge on any atom is 0.0211 e. The smallest absolute Gasteiger partial charge is 0.0211 e. The summed E-state index contributed by atoms with van der Waals surface area (Å²) in [6.45, 7) is 36.9. The Balaban J connectivity index is 0.000000115. The minimum absolute atomic E-state index is 0.668. The molecule has 13 aliphatic heterocycles. The fourth-order valence-electron chi connectivity index (χ4n) is 18.8. The van der Waals surface area contributed by atoms with Gasteiger partial charge in [0.05, 0.1) is 0 Å². The average Bonchev–Trinajstić information content (AvgIpc) is 4.11. The molecule has 74 heavy (non-hydrogen) atoms. The molecule has 0 aromatic carbocycles. The van der Waals surface area contributed by atoms with E-state index in [1.807, 2.05) is 0 Å². The first kappa shape index (κ1) is 59.6. The molecule has 13 heterocycles. The average molecular weight is 1040 g/mol. The minimum Gasteiger partial charge on any atom is -0.306 e. The van der Waals surface area contributed by atoms with E-state index in [0.29, 0.717) is 27.1 Å². The number of piperidine rings is 3. The first-order chi connectivity index (χ1) is 34.9. The summed E-state index contributed by atoms with van der Waals surface area (Å²) in [6.07, 6.45) is 18.7. The summed E-state index contributed by atoms with van der Waals surface area (Å²) in [6, 6.07) is 0. The maximum absolute atomic E-state index is 2.50. The highest BCUT2D eigenvalue weighted by molar-refractivity contribution is 5.05. The van der Waals surface area contributed by atoms with Crippen LogP contribution in [0.1, 0.15) is 90.4 Å². The second-order valence-corrected chi connectivity index (χ2v) is 30.8. The van der Waals surface area contributed by atoms with Crippen molar-refractivity contribution in [2.75, 3.05) is 262 Å². The monoisotopic (exact) mass is 1040 g/mol. The third-order valence-corrected chi connectivity index (χ3v) is 21.5. The molecule has 1 saturated carbocycles. The van der Waals surface area contributed by atoms with Crippen LogP contribution in [-0.4, -0.2) is 325 Å². The van der Waals surface area contributed by atoms with Crippen LogP contribution in [0.4, 0.5) is 0 Å². The van der Waals surface area contributed by atoms with E-state index in [1.54, 1.807) is 0 Å². The van der Waals surface area contributed by atoms with E-state index in [2.05, 4.69) is 162 Å². The third kappa shape index (κ3) is 15.7. The van der Waals surface area contributed by atoms with Crippen molar-refractivity contribution in [3.05, 3.63) is 0 Å². The van der Waals surface area contributed by atoms with E-state index in [4.69, 9.17) is 0 Å². The van der Waals surface area contributed by atoms with Gasteiger partial charge in [-0.25, -0.2) is 0 Å². The standard InChI is InChI=1S/3C10H20N2.2C8H16N2.C8H15N.C7H14N2/c1-11-6-3-10(4-7-11)5-8-12(2)9-10;2*1-11-6-3-4-10(8-11)5-7-12(2)9-10;2*1-9-4-3-8(5-9)6-10(2)7-8;1-7-3-8(4-7)5-9(2)6-8;1-8-3-7(4-8)5-9(2)6-7/h3*3-9H2,1-2H3;2*3-7H2,1-2H3;7H,3-6H2,1-2H3;3-6H2,1-2H3. The van der Waals surface area contributed by atoms with Gasteiger partial charge in [-0.15, -0.1) is 0 Å². The highest BCUT2D eigenvalue weighted by Crippen LogP contribution is 2.51. The molecule has 14 fully saturated rings. The fourth-order valence-corrected chi connectivity index (χ4v) is 18.8. The van der Waals surface area contributed by atoms with Gasteiger partial charge < -0.3 is 63.7 Å². The Morgan fingerprint density at radius 2 is 0.419 bits per heavy atom. The van der Waals surface area contributed by atoms with Gasteiger partial charge in [-0.05, 0) is 262 Å². The zero-order valence-electron chi connectivity index (χ0n) is 51.5. The summed E-state index contributed by atoms with van der Waals surface area (Å²) in [4.78, 5) is 31.9. The van der Waals surface area contributed by atoms with Gasteiger partial charge in [0, 0.05) is 128 Å². The Hall–Kier alpha value is -0.520. The largest absolute Gasteiger partial charge is 0.306 e. The van der Waals surface area contributed by atoms with Crippen LogP contribution in [0.15, 0.2) is 0 Å². The molecule has 13 saturated heterocycles. The zero-order valence-corrected chi connectivity index (χ0v) is 51.5. The van der Waals surface area contributed by atoms with Crippen molar-refractivity contribution >= 4 is 0 Å². The Kier molecular flexibility index (Phi) is 19.9. The lowest BCUT2D eigenvalue weighted by atomic mass is 9.58. The first-order valence-corrected chi connectivity index (χ1v) is 30.8. The van der Waals surface area contributed by atoms with Crippen molar-refractivity contribution in [3.63, 3.8) is 0 Å². The molecule has 0 aromatic heterocycles. The molecule has 2 atom stereocenters. The Morgan fingerprint density at radius 3 is 0.676 bits per heavy atom. The quantitative estimate of drug-likeness (QED) is 0.334. The molecule has 1 aliphatic carbocycles. The zero-order chi connectivity index (χ0) is 53.2. The molecule has 430 valence electrons. The summed E-state index contributed by atoms with van der Waals surface area (Å²) in [5.74, 6) is 1.03. The molecular formula is C61H121N13. The van der Waals surface area contributed by atoms with E-state index < -0.39 is 0 Å². The molecule has 0 radical (unpaired) electrons. The van der Waals surface area contributed by atoms with E-state index >= 15 is 0 Å². The van der Waals surface area contributed by atoms with E-state index in [0.717, 1.165) is 16.7 Å². The number of hydrogen-bond donors (Lipinski definition) is 0. The molecular weight excluding hydrogens is 915 g/mol. The van der Waals surface area contributed by atoms with Crippen LogP contribution in [0.2, 0.25) is 0 Å². The summed E-state index contributed by atoms with van der Waals surface area (Å²) in [5, 5.41) is 0. The third-order valence-electron chi connectivity index (χ3n) is 21.5. The predicted octanol–water partition coefficient (Wildman–Crippen LogP) is 4.82. The molecule has 14 aliphatic rings.